The van der Waals surface area contributed by atoms with Gasteiger partial charge in [0.25, 0.3) is 5.91 Å². The molecule has 0 unspecified atom stereocenters. The fraction of sp³-hybridized carbons (Fsp3) is 0. The summed E-state index contributed by atoms with van der Waals surface area (Å²) in [5, 5.41) is 3.58. The lowest BCUT2D eigenvalue weighted by molar-refractivity contribution is 0.0996. The fourth-order valence-electron chi connectivity index (χ4n) is 1.76. The first-order valence-electron chi connectivity index (χ1n) is 5.07. The predicted molar refractivity (Wildman–Crippen MR) is 67.9 cm³/mol. The van der Waals surface area contributed by atoms with Crippen LogP contribution in [-0.4, -0.2) is 15.9 Å². The van der Waals surface area contributed by atoms with Gasteiger partial charge < -0.3 is 10.7 Å². The number of benzene rings is 1. The Hall–Kier alpha value is -2.14. The molecule has 1 aromatic carbocycles. The van der Waals surface area contributed by atoms with E-state index in [1.807, 2.05) is 30.5 Å². The lowest BCUT2D eigenvalue weighted by atomic mass is 10.2. The molecule has 0 fully saturated rings. The van der Waals surface area contributed by atoms with Crippen molar-refractivity contribution in [2.75, 3.05) is 0 Å². The molecule has 84 valence electrons. The van der Waals surface area contributed by atoms with E-state index in [-0.39, 0.29) is 0 Å². The first-order valence-corrected chi connectivity index (χ1v) is 5.95. The number of aromatic nitrogens is 2. The van der Waals surface area contributed by atoms with Crippen LogP contribution in [0.5, 0.6) is 0 Å². The van der Waals surface area contributed by atoms with Crippen LogP contribution in [0.15, 0.2) is 35.8 Å². The molecule has 2 aromatic heterocycles. The Kier molecular flexibility index (Phi) is 2.19. The molecule has 0 saturated carbocycles. The molecule has 0 saturated heterocycles. The number of aromatic amines is 1. The smallest absolute Gasteiger partial charge is 0.268 e. The van der Waals surface area contributed by atoms with E-state index in [0.717, 1.165) is 21.5 Å². The Balaban J connectivity index is 2.17. The Labute approximate surface area is 101 Å². The van der Waals surface area contributed by atoms with Crippen LogP contribution in [0.3, 0.4) is 0 Å². The van der Waals surface area contributed by atoms with Gasteiger partial charge in [0, 0.05) is 28.0 Å². The highest BCUT2D eigenvalue weighted by molar-refractivity contribution is 7.13. The number of hydrogen-bond acceptors (Lipinski definition) is 3. The van der Waals surface area contributed by atoms with Crippen molar-refractivity contribution >= 4 is 28.1 Å². The number of fused-ring (bicyclic) bond motifs is 1. The van der Waals surface area contributed by atoms with Crippen LogP contribution < -0.4 is 5.73 Å². The topological polar surface area (TPSA) is 71.8 Å². The van der Waals surface area contributed by atoms with Gasteiger partial charge in [0.15, 0.2) is 0 Å². The third-order valence-electron chi connectivity index (χ3n) is 2.58. The van der Waals surface area contributed by atoms with Crippen LogP contribution in [0.25, 0.3) is 21.5 Å². The standard InChI is InChI=1S/C12H9N3OS/c13-11(16)10-6-17-12(15-10)8-5-14-9-4-2-1-3-7(8)9/h1-6,14H,(H2,13,16). The van der Waals surface area contributed by atoms with Crippen molar-refractivity contribution in [1.82, 2.24) is 9.97 Å². The number of nitrogens with two attached hydrogens (primary N) is 1. The van der Waals surface area contributed by atoms with Crippen LogP contribution in [0.1, 0.15) is 10.5 Å². The average molecular weight is 243 g/mol. The van der Waals surface area contributed by atoms with E-state index < -0.39 is 5.91 Å². The summed E-state index contributed by atoms with van der Waals surface area (Å²) in [6, 6.07) is 7.97. The van der Waals surface area contributed by atoms with Gasteiger partial charge in [-0.1, -0.05) is 18.2 Å². The minimum Gasteiger partial charge on any atom is -0.364 e. The molecule has 5 heteroatoms. The summed E-state index contributed by atoms with van der Waals surface area (Å²) in [6.45, 7) is 0. The van der Waals surface area contributed by atoms with Gasteiger partial charge in [0.05, 0.1) is 0 Å². The Bertz CT molecular complexity index is 698. The molecule has 1 amide bonds. The van der Waals surface area contributed by atoms with Crippen molar-refractivity contribution in [1.29, 1.82) is 0 Å². The summed E-state index contributed by atoms with van der Waals surface area (Å²) in [7, 11) is 0. The number of hydrogen-bond donors (Lipinski definition) is 2. The van der Waals surface area contributed by atoms with Crippen LogP contribution in [-0.2, 0) is 0 Å². The Morgan fingerprint density at radius 3 is 2.94 bits per heavy atom. The van der Waals surface area contributed by atoms with Gasteiger partial charge in [-0.05, 0) is 6.07 Å². The number of nitrogens with zero attached hydrogens (tertiary/aromatic N) is 1. The second-order valence-corrected chi connectivity index (χ2v) is 4.51. The van der Waals surface area contributed by atoms with Crippen molar-refractivity contribution in [3.8, 4) is 10.6 Å². The Morgan fingerprint density at radius 2 is 2.18 bits per heavy atom. The van der Waals surface area contributed by atoms with Gasteiger partial charge in [-0.25, -0.2) is 4.98 Å². The molecule has 0 aliphatic rings. The maximum absolute atomic E-state index is 11.0. The zero-order valence-electron chi connectivity index (χ0n) is 8.81. The molecule has 4 nitrogen and oxygen atoms in total. The highest BCUT2D eigenvalue weighted by Gasteiger charge is 2.11. The molecule has 0 atom stereocenters. The Morgan fingerprint density at radius 1 is 1.35 bits per heavy atom. The second-order valence-electron chi connectivity index (χ2n) is 3.65. The molecular formula is C12H9N3OS. The number of para-hydroxylation sites is 1. The maximum atomic E-state index is 11.0. The summed E-state index contributed by atoms with van der Waals surface area (Å²) < 4.78 is 0. The number of carbonyl (C=O) groups is 1. The molecule has 3 aromatic rings. The summed E-state index contributed by atoms with van der Waals surface area (Å²) >= 11 is 1.42. The highest BCUT2D eigenvalue weighted by Crippen LogP contribution is 2.30. The molecular weight excluding hydrogens is 234 g/mol. The molecule has 2 heterocycles. The fourth-order valence-corrected chi connectivity index (χ4v) is 2.60. The van der Waals surface area contributed by atoms with Crippen LogP contribution >= 0.6 is 11.3 Å². The van der Waals surface area contributed by atoms with Crippen molar-refractivity contribution in [3.63, 3.8) is 0 Å². The van der Waals surface area contributed by atoms with E-state index in [9.17, 15) is 4.79 Å². The van der Waals surface area contributed by atoms with Crippen molar-refractivity contribution in [2.45, 2.75) is 0 Å². The normalized spacial score (nSPS) is 10.8. The van der Waals surface area contributed by atoms with E-state index in [1.165, 1.54) is 11.3 Å². The monoisotopic (exact) mass is 243 g/mol. The number of thiazole rings is 1. The zero-order valence-corrected chi connectivity index (χ0v) is 9.62. The lowest BCUT2D eigenvalue weighted by Crippen LogP contribution is -2.10. The molecule has 0 aliphatic carbocycles. The minimum atomic E-state index is -0.493. The quantitative estimate of drug-likeness (QED) is 0.725. The van der Waals surface area contributed by atoms with E-state index in [0.29, 0.717) is 5.69 Å². The van der Waals surface area contributed by atoms with E-state index in [1.54, 1.807) is 5.38 Å². The maximum Gasteiger partial charge on any atom is 0.268 e. The first-order chi connectivity index (χ1) is 8.25. The zero-order chi connectivity index (χ0) is 11.8. The average Bonchev–Trinajstić information content (AvgIpc) is 2.95. The summed E-state index contributed by atoms with van der Waals surface area (Å²) in [5.41, 5.74) is 7.56. The van der Waals surface area contributed by atoms with Crippen LogP contribution in [0, 0.1) is 0 Å². The van der Waals surface area contributed by atoms with Crippen molar-refractivity contribution in [2.24, 2.45) is 5.73 Å². The molecule has 17 heavy (non-hydrogen) atoms. The SMILES string of the molecule is NC(=O)c1csc(-c2c[nH]c3ccccc23)n1. The van der Waals surface area contributed by atoms with Crippen molar-refractivity contribution < 1.29 is 4.79 Å². The molecule has 0 aliphatic heterocycles. The molecule has 0 radical (unpaired) electrons. The van der Waals surface area contributed by atoms with Gasteiger partial charge in [-0.2, -0.15) is 0 Å². The highest BCUT2D eigenvalue weighted by atomic mass is 32.1. The van der Waals surface area contributed by atoms with Gasteiger partial charge in [0.1, 0.15) is 10.7 Å². The number of carbonyl (C=O) groups excluding carboxylic acids is 1. The molecule has 0 bridgehead atoms. The number of H-pyrrole nitrogens is 1. The summed E-state index contributed by atoms with van der Waals surface area (Å²) in [6.07, 6.45) is 1.90. The number of amides is 1. The van der Waals surface area contributed by atoms with Gasteiger partial charge in [0.2, 0.25) is 0 Å². The minimum absolute atomic E-state index is 0.315. The molecule has 3 N–H and O–H groups in total. The number of rotatable bonds is 2. The summed E-state index contributed by atoms with van der Waals surface area (Å²) in [4.78, 5) is 18.4. The predicted octanol–water partition coefficient (Wildman–Crippen LogP) is 2.39. The number of primary amides is 1. The second kappa shape index (κ2) is 3.71. The molecule has 3 rings (SSSR count). The van der Waals surface area contributed by atoms with E-state index in [2.05, 4.69) is 9.97 Å². The van der Waals surface area contributed by atoms with Gasteiger partial charge >= 0.3 is 0 Å². The summed E-state index contributed by atoms with van der Waals surface area (Å²) in [5.74, 6) is -0.493. The third kappa shape index (κ3) is 1.60. The number of nitrogens with one attached hydrogen (secondary N) is 1. The van der Waals surface area contributed by atoms with E-state index >= 15 is 0 Å². The first kappa shape index (κ1) is 10.0. The largest absolute Gasteiger partial charge is 0.364 e. The van der Waals surface area contributed by atoms with Crippen LogP contribution in [0.4, 0.5) is 0 Å². The molecule has 0 spiro atoms. The van der Waals surface area contributed by atoms with Crippen LogP contribution in [0.2, 0.25) is 0 Å². The lowest BCUT2D eigenvalue weighted by Gasteiger charge is -1.92. The van der Waals surface area contributed by atoms with Crippen molar-refractivity contribution in [3.05, 3.63) is 41.5 Å². The van der Waals surface area contributed by atoms with Gasteiger partial charge in [-0.15, -0.1) is 11.3 Å². The van der Waals surface area contributed by atoms with Gasteiger partial charge in [-0.3, -0.25) is 4.79 Å². The van der Waals surface area contributed by atoms with E-state index in [4.69, 9.17) is 5.73 Å². The third-order valence-corrected chi connectivity index (χ3v) is 3.45.